The quantitative estimate of drug-likeness (QED) is 0.704. The monoisotopic (exact) mass is 187 g/mol. The summed E-state index contributed by atoms with van der Waals surface area (Å²) in [4.78, 5) is 10.8. The van der Waals surface area contributed by atoms with Gasteiger partial charge in [-0.3, -0.25) is 4.79 Å². The zero-order valence-corrected chi connectivity index (χ0v) is 8.13. The maximum absolute atomic E-state index is 10.8. The van der Waals surface area contributed by atoms with Crippen LogP contribution in [0.25, 0.3) is 0 Å². The molecule has 0 heterocycles. The molecule has 0 unspecified atom stereocenters. The fraction of sp³-hybridized carbons (Fsp3) is 0.778. The van der Waals surface area contributed by atoms with Crippen LogP contribution >= 0.6 is 0 Å². The van der Waals surface area contributed by atoms with Crippen molar-refractivity contribution in [2.75, 3.05) is 0 Å². The van der Waals surface area contributed by atoms with E-state index in [9.17, 15) is 4.79 Å². The summed E-state index contributed by atoms with van der Waals surface area (Å²) in [6.07, 6.45) is 2.37. The third-order valence-electron chi connectivity index (χ3n) is 1.98. The first-order valence-electron chi connectivity index (χ1n) is 4.27. The van der Waals surface area contributed by atoms with Crippen LogP contribution in [0.5, 0.6) is 0 Å². The first-order valence-corrected chi connectivity index (χ1v) is 4.27. The summed E-state index contributed by atoms with van der Waals surface area (Å²) in [7, 11) is 0. The van der Waals surface area contributed by atoms with E-state index < -0.39 is 11.4 Å². The van der Waals surface area contributed by atoms with Gasteiger partial charge in [0.1, 0.15) is 0 Å². The van der Waals surface area contributed by atoms with Crippen LogP contribution in [0.4, 0.5) is 0 Å². The number of rotatable bonds is 5. The topological polar surface area (TPSA) is 92.6 Å². The zero-order chi connectivity index (χ0) is 9.61. The largest absolute Gasteiger partial charge is 0.480 e. The van der Waals surface area contributed by atoms with Crippen molar-refractivity contribution in [1.29, 1.82) is 5.26 Å². The predicted octanol–water partition coefficient (Wildman–Crippen LogP) is 1.36. The fourth-order valence-corrected chi connectivity index (χ4v) is 1.35. The molecule has 0 aliphatic rings. The van der Waals surface area contributed by atoms with Gasteiger partial charge in [0.2, 0.25) is 0 Å². The lowest BCUT2D eigenvalue weighted by Gasteiger charge is -2.19. The lowest BCUT2D eigenvalue weighted by atomic mass is 9.81. The molecule has 0 aliphatic carbocycles. The second kappa shape index (κ2) is 6.44. The van der Waals surface area contributed by atoms with Crippen LogP contribution < -0.4 is 0 Å². The molecule has 0 atom stereocenters. The van der Waals surface area contributed by atoms with Crippen molar-refractivity contribution in [2.24, 2.45) is 5.41 Å². The molecule has 0 aromatic heterocycles. The molecule has 4 heteroatoms. The summed E-state index contributed by atoms with van der Waals surface area (Å²) in [6, 6.07) is 1.92. The third kappa shape index (κ3) is 3.43. The Morgan fingerprint density at radius 3 is 1.92 bits per heavy atom. The summed E-state index contributed by atoms with van der Waals surface area (Å²) < 4.78 is 0. The molecular formula is C9H17NO3. The molecule has 76 valence electrons. The number of hydrogen-bond donors (Lipinski definition) is 1. The highest BCUT2D eigenvalue weighted by atomic mass is 16.4. The van der Waals surface area contributed by atoms with Crippen molar-refractivity contribution in [1.82, 2.24) is 0 Å². The number of nitriles is 1. The summed E-state index contributed by atoms with van der Waals surface area (Å²) in [5.74, 6) is -0.978. The van der Waals surface area contributed by atoms with Crippen molar-refractivity contribution >= 4 is 5.97 Å². The molecule has 0 radical (unpaired) electrons. The minimum atomic E-state index is -1.14. The molecule has 0 fully saturated rings. The number of carboxylic acids is 1. The highest BCUT2D eigenvalue weighted by molar-refractivity contribution is 5.77. The van der Waals surface area contributed by atoms with E-state index in [1.807, 2.05) is 19.9 Å². The molecule has 4 nitrogen and oxygen atoms in total. The van der Waals surface area contributed by atoms with Gasteiger partial charge in [0.15, 0.2) is 5.41 Å². The Labute approximate surface area is 78.5 Å². The van der Waals surface area contributed by atoms with Gasteiger partial charge in [-0.15, -0.1) is 0 Å². The average Bonchev–Trinajstić information content (AvgIpc) is 2.03. The van der Waals surface area contributed by atoms with Crippen molar-refractivity contribution in [3.63, 3.8) is 0 Å². The first kappa shape index (κ1) is 14.4. The maximum Gasteiger partial charge on any atom is 0.324 e. The Morgan fingerprint density at radius 1 is 1.38 bits per heavy atom. The van der Waals surface area contributed by atoms with Gasteiger partial charge in [-0.2, -0.15) is 5.26 Å². The molecule has 0 rings (SSSR count). The smallest absolute Gasteiger partial charge is 0.324 e. The molecule has 0 amide bonds. The number of aliphatic carboxylic acids is 1. The highest BCUT2D eigenvalue weighted by Gasteiger charge is 2.36. The Morgan fingerprint density at radius 2 is 1.77 bits per heavy atom. The molecule has 0 saturated carbocycles. The van der Waals surface area contributed by atoms with Crippen LogP contribution in [0.1, 0.15) is 39.5 Å². The second-order valence-electron chi connectivity index (χ2n) is 3.00. The Hall–Kier alpha value is -1.08. The number of carboxylic acid groups (broad SMARTS) is 1. The van der Waals surface area contributed by atoms with Crippen LogP contribution in [0.3, 0.4) is 0 Å². The average molecular weight is 187 g/mol. The van der Waals surface area contributed by atoms with Crippen molar-refractivity contribution in [3.05, 3.63) is 0 Å². The Kier molecular flexibility index (Phi) is 7.15. The van der Waals surface area contributed by atoms with Gasteiger partial charge in [0.05, 0.1) is 6.07 Å². The molecule has 3 N–H and O–H groups in total. The van der Waals surface area contributed by atoms with Crippen molar-refractivity contribution in [3.8, 4) is 6.07 Å². The van der Waals surface area contributed by atoms with E-state index in [4.69, 9.17) is 10.4 Å². The van der Waals surface area contributed by atoms with Gasteiger partial charge in [-0.05, 0) is 12.8 Å². The van der Waals surface area contributed by atoms with Crippen molar-refractivity contribution < 1.29 is 15.4 Å². The molecule has 13 heavy (non-hydrogen) atoms. The molecular weight excluding hydrogens is 170 g/mol. The van der Waals surface area contributed by atoms with Gasteiger partial charge >= 0.3 is 5.97 Å². The van der Waals surface area contributed by atoms with Crippen LogP contribution in [-0.4, -0.2) is 16.6 Å². The second-order valence-corrected chi connectivity index (χ2v) is 3.00. The SMILES string of the molecule is CCCC(C#N)(CCC)C(=O)O.O. The van der Waals surface area contributed by atoms with Gasteiger partial charge < -0.3 is 10.6 Å². The summed E-state index contributed by atoms with van der Waals surface area (Å²) in [5.41, 5.74) is -1.14. The standard InChI is InChI=1S/C9H15NO2.H2O/c1-3-5-9(7-10,6-4-2)8(11)12;/h3-6H2,1-2H3,(H,11,12);1H2. The normalized spacial score (nSPS) is 9.92. The van der Waals surface area contributed by atoms with Gasteiger partial charge in [-0.1, -0.05) is 26.7 Å². The van der Waals surface area contributed by atoms with E-state index in [0.29, 0.717) is 12.8 Å². The molecule has 0 aliphatic heterocycles. The Bertz CT molecular complexity index is 190. The van der Waals surface area contributed by atoms with Gasteiger partial charge in [-0.25, -0.2) is 0 Å². The number of hydrogen-bond acceptors (Lipinski definition) is 2. The minimum Gasteiger partial charge on any atom is -0.480 e. The summed E-state index contributed by atoms with van der Waals surface area (Å²) in [5, 5.41) is 17.6. The summed E-state index contributed by atoms with van der Waals surface area (Å²) in [6.45, 7) is 3.79. The van der Waals surface area contributed by atoms with E-state index in [1.54, 1.807) is 0 Å². The molecule has 0 saturated heterocycles. The van der Waals surface area contributed by atoms with E-state index in [2.05, 4.69) is 0 Å². The molecule has 0 bridgehead atoms. The van der Waals surface area contributed by atoms with Crippen LogP contribution in [-0.2, 0) is 4.79 Å². The first-order chi connectivity index (χ1) is 5.63. The number of nitrogens with zero attached hydrogens (tertiary/aromatic N) is 1. The Balaban J connectivity index is 0. The lowest BCUT2D eigenvalue weighted by Crippen LogP contribution is -2.28. The fourth-order valence-electron chi connectivity index (χ4n) is 1.35. The van der Waals surface area contributed by atoms with E-state index in [0.717, 1.165) is 12.8 Å². The van der Waals surface area contributed by atoms with Crippen LogP contribution in [0.15, 0.2) is 0 Å². The summed E-state index contributed by atoms with van der Waals surface area (Å²) >= 11 is 0. The lowest BCUT2D eigenvalue weighted by molar-refractivity contribution is -0.146. The van der Waals surface area contributed by atoms with Crippen molar-refractivity contribution in [2.45, 2.75) is 39.5 Å². The molecule has 0 aromatic carbocycles. The minimum absolute atomic E-state index is 0. The predicted molar refractivity (Wildman–Crippen MR) is 49.1 cm³/mol. The third-order valence-corrected chi connectivity index (χ3v) is 1.98. The zero-order valence-electron chi connectivity index (χ0n) is 8.13. The highest BCUT2D eigenvalue weighted by Crippen LogP contribution is 2.29. The molecule has 0 spiro atoms. The van der Waals surface area contributed by atoms with E-state index in [-0.39, 0.29) is 5.48 Å². The van der Waals surface area contributed by atoms with Gasteiger partial charge in [0, 0.05) is 0 Å². The van der Waals surface area contributed by atoms with Crippen LogP contribution in [0, 0.1) is 16.7 Å². The number of carbonyl (C=O) groups is 1. The molecule has 0 aromatic rings. The van der Waals surface area contributed by atoms with E-state index >= 15 is 0 Å². The maximum atomic E-state index is 10.8. The van der Waals surface area contributed by atoms with E-state index in [1.165, 1.54) is 0 Å². The van der Waals surface area contributed by atoms with Crippen LogP contribution in [0.2, 0.25) is 0 Å². The van der Waals surface area contributed by atoms with Gasteiger partial charge in [0.25, 0.3) is 0 Å².